The Morgan fingerprint density at radius 2 is 1.94 bits per heavy atom. The third kappa shape index (κ3) is 2.61. The van der Waals surface area contributed by atoms with E-state index in [1.807, 2.05) is 0 Å². The van der Waals surface area contributed by atoms with Gasteiger partial charge in [-0.2, -0.15) is 0 Å². The Bertz CT molecular complexity index is 424. The second-order valence-corrected chi connectivity index (χ2v) is 4.13. The summed E-state index contributed by atoms with van der Waals surface area (Å²) in [6.07, 6.45) is 0. The van der Waals surface area contributed by atoms with E-state index in [0.29, 0.717) is 10.8 Å². The maximum atomic E-state index is 11.8. The van der Waals surface area contributed by atoms with Gasteiger partial charge in [0.15, 0.2) is 0 Å². The molecule has 0 bridgehead atoms. The lowest BCUT2D eigenvalue weighted by molar-refractivity contribution is -0.117. The van der Waals surface area contributed by atoms with Crippen molar-refractivity contribution >= 4 is 23.2 Å². The minimum Gasteiger partial charge on any atom is -0.496 e. The van der Waals surface area contributed by atoms with Crippen LogP contribution in [-0.4, -0.2) is 18.7 Å². The molecule has 16 heavy (non-hydrogen) atoms. The zero-order valence-electron chi connectivity index (χ0n) is 9.41. The van der Waals surface area contributed by atoms with Crippen molar-refractivity contribution in [2.45, 2.75) is 13.8 Å². The normalized spacial score (nSPS) is 10.3. The van der Waals surface area contributed by atoms with E-state index in [2.05, 4.69) is 0 Å². The van der Waals surface area contributed by atoms with Crippen molar-refractivity contribution in [2.24, 2.45) is 5.92 Å². The van der Waals surface area contributed by atoms with Gasteiger partial charge in [-0.1, -0.05) is 25.4 Å². The van der Waals surface area contributed by atoms with Gasteiger partial charge in [0.05, 0.1) is 12.7 Å². The molecule has 0 amide bonds. The van der Waals surface area contributed by atoms with Crippen LogP contribution in [0.25, 0.3) is 0 Å². The number of rotatable bonds is 4. The number of ether oxygens (including phenoxy) is 1. The fraction of sp³-hybridized carbons (Fsp3) is 0.333. The molecule has 1 aromatic carbocycles. The van der Waals surface area contributed by atoms with Crippen molar-refractivity contribution in [2.75, 3.05) is 7.11 Å². The number of carbonyl (C=O) groups excluding carboxylic acids is 2. The fourth-order valence-corrected chi connectivity index (χ4v) is 1.42. The number of Topliss-reactive ketones (excluding diaryl/α,β-unsaturated/α-hetero) is 2. The Morgan fingerprint density at radius 1 is 1.31 bits per heavy atom. The van der Waals surface area contributed by atoms with Crippen LogP contribution in [0, 0.1) is 5.92 Å². The first-order valence-corrected chi connectivity index (χ1v) is 5.27. The topological polar surface area (TPSA) is 43.4 Å². The molecule has 0 heterocycles. The second-order valence-electron chi connectivity index (χ2n) is 3.69. The highest BCUT2D eigenvalue weighted by Gasteiger charge is 2.22. The molecule has 0 atom stereocenters. The van der Waals surface area contributed by atoms with Crippen molar-refractivity contribution < 1.29 is 14.3 Å². The van der Waals surface area contributed by atoms with Crippen LogP contribution in [0.5, 0.6) is 5.75 Å². The minimum absolute atomic E-state index is 0.216. The maximum Gasteiger partial charge on any atom is 0.232 e. The van der Waals surface area contributed by atoms with Crippen LogP contribution < -0.4 is 4.74 Å². The van der Waals surface area contributed by atoms with Gasteiger partial charge >= 0.3 is 0 Å². The summed E-state index contributed by atoms with van der Waals surface area (Å²) in [7, 11) is 1.44. The molecule has 0 N–H and O–H groups in total. The molecule has 0 fully saturated rings. The molecule has 0 saturated heterocycles. The van der Waals surface area contributed by atoms with E-state index >= 15 is 0 Å². The summed E-state index contributed by atoms with van der Waals surface area (Å²) in [5.41, 5.74) is 0.216. The van der Waals surface area contributed by atoms with Crippen molar-refractivity contribution in [1.29, 1.82) is 0 Å². The summed E-state index contributed by atoms with van der Waals surface area (Å²) in [6, 6.07) is 4.63. The van der Waals surface area contributed by atoms with Crippen molar-refractivity contribution in [3.05, 3.63) is 28.8 Å². The Labute approximate surface area is 99.4 Å². The lowest BCUT2D eigenvalue weighted by Gasteiger charge is -2.08. The summed E-state index contributed by atoms with van der Waals surface area (Å²) in [6.45, 7) is 3.36. The highest BCUT2D eigenvalue weighted by atomic mass is 35.5. The van der Waals surface area contributed by atoms with Crippen LogP contribution in [0.1, 0.15) is 24.2 Å². The van der Waals surface area contributed by atoms with Crippen LogP contribution in [0.15, 0.2) is 18.2 Å². The van der Waals surface area contributed by atoms with E-state index in [4.69, 9.17) is 16.3 Å². The van der Waals surface area contributed by atoms with Crippen LogP contribution in [0.4, 0.5) is 0 Å². The van der Waals surface area contributed by atoms with Gasteiger partial charge in [0, 0.05) is 10.9 Å². The maximum absolute atomic E-state index is 11.8. The highest BCUT2D eigenvalue weighted by molar-refractivity contribution is 6.45. The second kappa shape index (κ2) is 5.12. The molecule has 0 aliphatic carbocycles. The molecule has 3 nitrogen and oxygen atoms in total. The first kappa shape index (κ1) is 12.7. The van der Waals surface area contributed by atoms with Crippen molar-refractivity contribution in [3.8, 4) is 5.75 Å². The summed E-state index contributed by atoms with van der Waals surface area (Å²) >= 11 is 5.78. The number of ketones is 2. The van der Waals surface area contributed by atoms with Crippen molar-refractivity contribution in [3.63, 3.8) is 0 Å². The molecule has 4 heteroatoms. The zero-order chi connectivity index (χ0) is 12.3. The molecule has 1 rings (SSSR count). The predicted molar refractivity (Wildman–Crippen MR) is 62.2 cm³/mol. The fourth-order valence-electron chi connectivity index (χ4n) is 1.25. The first-order valence-electron chi connectivity index (χ1n) is 4.89. The number of benzene rings is 1. The van der Waals surface area contributed by atoms with Gasteiger partial charge in [-0.05, 0) is 18.2 Å². The number of methoxy groups -OCH3 is 1. The van der Waals surface area contributed by atoms with Gasteiger partial charge in [0.2, 0.25) is 11.6 Å². The average molecular weight is 241 g/mol. The van der Waals surface area contributed by atoms with E-state index in [-0.39, 0.29) is 11.5 Å². The molecule has 0 unspecified atom stereocenters. The largest absolute Gasteiger partial charge is 0.496 e. The van der Waals surface area contributed by atoms with Gasteiger partial charge in [0.1, 0.15) is 5.75 Å². The molecule has 1 aromatic rings. The van der Waals surface area contributed by atoms with Gasteiger partial charge in [-0.25, -0.2) is 0 Å². The number of hydrogen-bond acceptors (Lipinski definition) is 3. The lowest BCUT2D eigenvalue weighted by atomic mass is 9.99. The molecule has 0 aliphatic heterocycles. The van der Waals surface area contributed by atoms with E-state index in [0.717, 1.165) is 0 Å². The smallest absolute Gasteiger partial charge is 0.232 e. The SMILES string of the molecule is COc1ccc(Cl)cc1C(=O)C(=O)C(C)C. The Hall–Kier alpha value is -1.35. The molecule has 0 aromatic heterocycles. The summed E-state index contributed by atoms with van der Waals surface area (Å²) in [5, 5.41) is 0.403. The Kier molecular flexibility index (Phi) is 4.07. The molecular weight excluding hydrogens is 228 g/mol. The van der Waals surface area contributed by atoms with Gasteiger partial charge in [0.25, 0.3) is 0 Å². The van der Waals surface area contributed by atoms with Crippen molar-refractivity contribution in [1.82, 2.24) is 0 Å². The van der Waals surface area contributed by atoms with E-state index in [1.165, 1.54) is 13.2 Å². The summed E-state index contributed by atoms with van der Waals surface area (Å²) < 4.78 is 5.02. The van der Waals surface area contributed by atoms with Crippen LogP contribution in [-0.2, 0) is 4.79 Å². The van der Waals surface area contributed by atoms with Crippen LogP contribution >= 0.6 is 11.6 Å². The molecular formula is C12H13ClO3. The minimum atomic E-state index is -0.561. The third-order valence-electron chi connectivity index (χ3n) is 2.15. The molecule has 0 radical (unpaired) electrons. The number of halogens is 1. The van der Waals surface area contributed by atoms with E-state index < -0.39 is 11.6 Å². The highest BCUT2D eigenvalue weighted by Crippen LogP contribution is 2.24. The Balaban J connectivity index is 3.16. The van der Waals surface area contributed by atoms with E-state index in [9.17, 15) is 9.59 Å². The molecule has 0 aliphatic rings. The number of carbonyl (C=O) groups is 2. The van der Waals surface area contributed by atoms with Gasteiger partial charge in [-0.15, -0.1) is 0 Å². The summed E-state index contributed by atoms with van der Waals surface area (Å²) in [4.78, 5) is 23.4. The zero-order valence-corrected chi connectivity index (χ0v) is 10.2. The van der Waals surface area contributed by atoms with Gasteiger partial charge in [-0.3, -0.25) is 9.59 Å². The number of hydrogen-bond donors (Lipinski definition) is 0. The monoisotopic (exact) mass is 240 g/mol. The predicted octanol–water partition coefficient (Wildman–Crippen LogP) is 2.76. The van der Waals surface area contributed by atoms with E-state index in [1.54, 1.807) is 26.0 Å². The Morgan fingerprint density at radius 3 is 2.44 bits per heavy atom. The molecule has 0 saturated carbocycles. The first-order chi connectivity index (χ1) is 7.47. The molecule has 0 spiro atoms. The third-order valence-corrected chi connectivity index (χ3v) is 2.39. The standard InChI is InChI=1S/C12H13ClO3/c1-7(2)11(14)12(15)9-6-8(13)4-5-10(9)16-3/h4-7H,1-3H3. The average Bonchev–Trinajstić information content (AvgIpc) is 2.26. The summed E-state index contributed by atoms with van der Waals surface area (Å²) in [5.74, 6) is -0.977. The lowest BCUT2D eigenvalue weighted by Crippen LogP contribution is -2.20. The van der Waals surface area contributed by atoms with Crippen LogP contribution in [0.2, 0.25) is 5.02 Å². The van der Waals surface area contributed by atoms with Gasteiger partial charge < -0.3 is 4.74 Å². The quantitative estimate of drug-likeness (QED) is 0.600. The van der Waals surface area contributed by atoms with Crippen LogP contribution in [0.3, 0.4) is 0 Å². The molecule has 86 valence electrons.